The Morgan fingerprint density at radius 3 is 2.25 bits per heavy atom. The summed E-state index contributed by atoms with van der Waals surface area (Å²) >= 11 is 0. The van der Waals surface area contributed by atoms with Crippen LogP contribution >= 0.6 is 7.60 Å². The number of hydrogen-bond acceptors (Lipinski definition) is 7. The average molecular weight is 314 g/mol. The predicted octanol–water partition coefficient (Wildman–Crippen LogP) is -4.13. The second-order valence-corrected chi connectivity index (χ2v) is 5.81. The Bertz CT molecular complexity index is 426. The number of amides is 2. The number of carbonyl (C=O) groups excluding carboxylic acids is 2. The Hall–Kier alpha value is -1.07. The summed E-state index contributed by atoms with van der Waals surface area (Å²) in [4.78, 5) is 40.4. The molecule has 0 aliphatic carbocycles. The highest BCUT2D eigenvalue weighted by Gasteiger charge is 2.51. The van der Waals surface area contributed by atoms with Gasteiger partial charge in [-0.15, -0.1) is 0 Å². The highest BCUT2D eigenvalue weighted by Crippen LogP contribution is 2.44. The monoisotopic (exact) mass is 314 g/mol. The molecule has 7 N–H and O–H groups in total. The highest BCUT2D eigenvalue weighted by atomic mass is 31.2. The lowest BCUT2D eigenvalue weighted by Gasteiger charge is -2.32. The minimum absolute atomic E-state index is 0.144. The van der Waals surface area contributed by atoms with Crippen LogP contribution in [0.3, 0.4) is 0 Å². The fourth-order valence-electron chi connectivity index (χ4n) is 1.87. The van der Waals surface area contributed by atoms with E-state index in [1.54, 1.807) is 0 Å². The quantitative estimate of drug-likeness (QED) is 0.209. The van der Waals surface area contributed by atoms with E-state index in [1.807, 2.05) is 0 Å². The van der Waals surface area contributed by atoms with E-state index in [0.717, 1.165) is 0 Å². The molecule has 5 atom stereocenters. The number of aliphatic hydroxyl groups is 3. The molecule has 0 spiro atoms. The number of primary amides is 1. The van der Waals surface area contributed by atoms with Crippen molar-refractivity contribution in [2.24, 2.45) is 5.73 Å². The summed E-state index contributed by atoms with van der Waals surface area (Å²) in [5, 5.41) is 28.1. The van der Waals surface area contributed by atoms with Gasteiger partial charge in [0, 0.05) is 0 Å². The molecule has 20 heavy (non-hydrogen) atoms. The summed E-state index contributed by atoms with van der Waals surface area (Å²) in [6.45, 7) is -0.710. The summed E-state index contributed by atoms with van der Waals surface area (Å²) < 4.78 is 16.1. The van der Waals surface area contributed by atoms with Crippen LogP contribution in [0.5, 0.6) is 0 Å². The van der Waals surface area contributed by atoms with Gasteiger partial charge in [0.2, 0.25) is 12.2 Å². The van der Waals surface area contributed by atoms with Crippen LogP contribution in [0.4, 0.5) is 0 Å². The SMILES string of the molecule is NC(=O)C(N(C=O)C1O[C@H](CO)[C@@H](O)[C@H]1O)P(=O)(O)O. The van der Waals surface area contributed by atoms with Crippen LogP contribution in [-0.2, 0) is 18.9 Å². The first-order valence-electron chi connectivity index (χ1n) is 5.34. The molecule has 0 radical (unpaired) electrons. The molecular formula is C8H15N2O9P. The van der Waals surface area contributed by atoms with Gasteiger partial charge in [0.05, 0.1) is 6.61 Å². The second kappa shape index (κ2) is 6.14. The third kappa shape index (κ3) is 3.15. The number of hydrogen-bond donors (Lipinski definition) is 6. The third-order valence-corrected chi connectivity index (χ3v) is 3.95. The van der Waals surface area contributed by atoms with E-state index in [0.29, 0.717) is 0 Å². The van der Waals surface area contributed by atoms with Crippen LogP contribution in [0, 0.1) is 0 Å². The van der Waals surface area contributed by atoms with Gasteiger partial charge in [0.1, 0.15) is 18.3 Å². The van der Waals surface area contributed by atoms with Crippen molar-refractivity contribution in [2.75, 3.05) is 6.61 Å². The molecule has 0 bridgehead atoms. The van der Waals surface area contributed by atoms with Crippen LogP contribution < -0.4 is 5.73 Å². The maximum atomic E-state index is 11.2. The first-order chi connectivity index (χ1) is 9.15. The van der Waals surface area contributed by atoms with Crippen molar-refractivity contribution < 1.29 is 44.0 Å². The number of rotatable bonds is 6. The van der Waals surface area contributed by atoms with E-state index in [-0.39, 0.29) is 11.3 Å². The standard InChI is InChI=1S/C8H15N2O9P/c9-6(15)8(20(16,17)18)10(2-12)7-5(14)4(13)3(1-11)19-7/h2-5,7-8,11,13-14H,1H2,(H2,9,15)(H2,16,17,18)/t3-,4-,5-,7?,8?/m1/s1. The molecule has 1 saturated heterocycles. The lowest BCUT2D eigenvalue weighted by Crippen LogP contribution is -2.53. The molecule has 11 nitrogen and oxygen atoms in total. The topological polar surface area (TPSA) is 191 Å². The Balaban J connectivity index is 3.10. The van der Waals surface area contributed by atoms with Crippen LogP contribution in [0.15, 0.2) is 0 Å². The number of nitrogens with two attached hydrogens (primary N) is 1. The van der Waals surface area contributed by atoms with E-state index in [1.165, 1.54) is 0 Å². The zero-order valence-corrected chi connectivity index (χ0v) is 10.9. The fraction of sp³-hybridized carbons (Fsp3) is 0.750. The fourth-order valence-corrected chi connectivity index (χ4v) is 2.73. The second-order valence-electron chi connectivity index (χ2n) is 4.15. The molecule has 1 heterocycles. The van der Waals surface area contributed by atoms with Crippen molar-refractivity contribution >= 4 is 19.9 Å². The van der Waals surface area contributed by atoms with Gasteiger partial charge < -0.3 is 35.6 Å². The largest absolute Gasteiger partial charge is 0.394 e. The van der Waals surface area contributed by atoms with Gasteiger partial charge in [-0.1, -0.05) is 0 Å². The van der Waals surface area contributed by atoms with Crippen molar-refractivity contribution in [3.63, 3.8) is 0 Å². The molecular weight excluding hydrogens is 299 g/mol. The van der Waals surface area contributed by atoms with E-state index in [2.05, 4.69) is 0 Å². The molecule has 2 amide bonds. The minimum Gasteiger partial charge on any atom is -0.394 e. The zero-order chi connectivity index (χ0) is 15.7. The van der Waals surface area contributed by atoms with Crippen molar-refractivity contribution in [3.05, 3.63) is 0 Å². The third-order valence-electron chi connectivity index (χ3n) is 2.79. The Morgan fingerprint density at radius 1 is 1.40 bits per heavy atom. The van der Waals surface area contributed by atoms with Gasteiger partial charge in [-0.25, -0.2) is 0 Å². The maximum absolute atomic E-state index is 11.2. The molecule has 12 heteroatoms. The van der Waals surface area contributed by atoms with E-state index in [9.17, 15) is 24.4 Å². The smallest absolute Gasteiger partial charge is 0.357 e. The Kier molecular flexibility index (Phi) is 5.21. The lowest BCUT2D eigenvalue weighted by atomic mass is 10.1. The zero-order valence-electron chi connectivity index (χ0n) is 10.0. The molecule has 0 aromatic rings. The summed E-state index contributed by atoms with van der Waals surface area (Å²) in [5.41, 5.74) is 4.83. The molecule has 0 saturated carbocycles. The van der Waals surface area contributed by atoms with Crippen molar-refractivity contribution in [1.82, 2.24) is 4.90 Å². The molecule has 1 fully saturated rings. The van der Waals surface area contributed by atoms with Crippen molar-refractivity contribution in [2.45, 2.75) is 30.3 Å². The lowest BCUT2D eigenvalue weighted by molar-refractivity contribution is -0.149. The molecule has 1 aliphatic rings. The normalized spacial score (nSPS) is 31.9. The first-order valence-corrected chi connectivity index (χ1v) is 7.03. The van der Waals surface area contributed by atoms with Crippen LogP contribution in [-0.4, -0.2) is 79.3 Å². The van der Waals surface area contributed by atoms with E-state index in [4.69, 9.17) is 25.4 Å². The van der Waals surface area contributed by atoms with Gasteiger partial charge in [-0.05, 0) is 0 Å². The number of nitrogens with zero attached hydrogens (tertiary/aromatic N) is 1. The Morgan fingerprint density at radius 2 is 1.95 bits per heavy atom. The first kappa shape index (κ1) is 17.0. The molecule has 0 aromatic heterocycles. The number of carbonyl (C=O) groups is 2. The van der Waals surface area contributed by atoms with Gasteiger partial charge in [-0.2, -0.15) is 0 Å². The van der Waals surface area contributed by atoms with Crippen LogP contribution in [0.25, 0.3) is 0 Å². The predicted molar refractivity (Wildman–Crippen MR) is 60.7 cm³/mol. The molecule has 1 aliphatic heterocycles. The summed E-state index contributed by atoms with van der Waals surface area (Å²) in [7, 11) is -5.15. The van der Waals surface area contributed by atoms with Crippen LogP contribution in [0.1, 0.15) is 0 Å². The van der Waals surface area contributed by atoms with Gasteiger partial charge in [0.15, 0.2) is 6.23 Å². The van der Waals surface area contributed by atoms with Crippen LogP contribution in [0.2, 0.25) is 0 Å². The Labute approximate surface area is 112 Å². The summed E-state index contributed by atoms with van der Waals surface area (Å²) in [6.07, 6.45) is -6.52. The highest BCUT2D eigenvalue weighted by molar-refractivity contribution is 7.53. The minimum atomic E-state index is -5.15. The maximum Gasteiger partial charge on any atom is 0.357 e. The van der Waals surface area contributed by atoms with Gasteiger partial charge >= 0.3 is 7.60 Å². The van der Waals surface area contributed by atoms with Gasteiger partial charge in [-0.3, -0.25) is 19.1 Å². The summed E-state index contributed by atoms with van der Waals surface area (Å²) in [5.74, 6) is -3.87. The average Bonchev–Trinajstić information content (AvgIpc) is 2.61. The molecule has 116 valence electrons. The number of aliphatic hydroxyl groups excluding tert-OH is 3. The van der Waals surface area contributed by atoms with Crippen molar-refractivity contribution in [1.29, 1.82) is 0 Å². The van der Waals surface area contributed by atoms with Crippen molar-refractivity contribution in [3.8, 4) is 0 Å². The molecule has 0 aromatic carbocycles. The van der Waals surface area contributed by atoms with E-state index < -0.39 is 50.4 Å². The molecule has 2 unspecified atom stereocenters. The van der Waals surface area contributed by atoms with Gasteiger partial charge in [0.25, 0.3) is 5.91 Å². The molecule has 1 rings (SSSR count). The van der Waals surface area contributed by atoms with E-state index >= 15 is 0 Å². The summed E-state index contributed by atoms with van der Waals surface area (Å²) in [6, 6.07) is 0. The number of ether oxygens (including phenoxy) is 1.